The lowest BCUT2D eigenvalue weighted by atomic mass is 9.95. The van der Waals surface area contributed by atoms with E-state index in [1.165, 1.54) is 12.7 Å². The molecular formula is C23H18N2O2. The van der Waals surface area contributed by atoms with E-state index in [9.17, 15) is 4.79 Å². The summed E-state index contributed by atoms with van der Waals surface area (Å²) >= 11 is 0. The number of esters is 1. The van der Waals surface area contributed by atoms with E-state index >= 15 is 0 Å². The standard InChI is InChI=1S/C23H18N2O2/c1-27-23(26)20-7-2-6-18(14-20)21-13-17(11-16-5-3-9-24-15-16)12-19-8-4-10-25-22(19)21/h2-10,12-15H,11H2,1H3. The highest BCUT2D eigenvalue weighted by Crippen LogP contribution is 2.30. The molecule has 0 spiro atoms. The summed E-state index contributed by atoms with van der Waals surface area (Å²) in [7, 11) is 1.39. The predicted molar refractivity (Wildman–Crippen MR) is 106 cm³/mol. The first kappa shape index (κ1) is 16.9. The van der Waals surface area contributed by atoms with Crippen molar-refractivity contribution >= 4 is 16.9 Å². The molecular weight excluding hydrogens is 336 g/mol. The number of pyridine rings is 2. The number of nitrogens with zero attached hydrogens (tertiary/aromatic N) is 2. The van der Waals surface area contributed by atoms with Crippen LogP contribution in [-0.4, -0.2) is 23.0 Å². The molecule has 0 bridgehead atoms. The Hall–Kier alpha value is -3.53. The number of rotatable bonds is 4. The van der Waals surface area contributed by atoms with Gasteiger partial charge in [-0.1, -0.05) is 24.3 Å². The van der Waals surface area contributed by atoms with Crippen molar-refractivity contribution < 1.29 is 9.53 Å². The molecule has 0 aliphatic rings. The van der Waals surface area contributed by atoms with Crippen molar-refractivity contribution in [1.82, 2.24) is 9.97 Å². The van der Waals surface area contributed by atoms with Crippen LogP contribution in [0.15, 0.2) is 79.3 Å². The Morgan fingerprint density at radius 1 is 0.963 bits per heavy atom. The second-order valence-corrected chi connectivity index (χ2v) is 6.33. The topological polar surface area (TPSA) is 52.1 Å². The Labute approximate surface area is 157 Å². The van der Waals surface area contributed by atoms with Gasteiger partial charge in [-0.15, -0.1) is 0 Å². The second-order valence-electron chi connectivity index (χ2n) is 6.33. The average Bonchev–Trinajstić information content (AvgIpc) is 2.73. The van der Waals surface area contributed by atoms with Gasteiger partial charge in [-0.2, -0.15) is 0 Å². The third-order valence-corrected chi connectivity index (χ3v) is 4.49. The van der Waals surface area contributed by atoms with Crippen molar-refractivity contribution in [3.05, 3.63) is 95.9 Å². The van der Waals surface area contributed by atoms with Crippen LogP contribution >= 0.6 is 0 Å². The van der Waals surface area contributed by atoms with Crippen LogP contribution in [0.2, 0.25) is 0 Å². The number of fused-ring (bicyclic) bond motifs is 1. The molecule has 27 heavy (non-hydrogen) atoms. The van der Waals surface area contributed by atoms with Gasteiger partial charge in [0, 0.05) is 29.5 Å². The first-order chi connectivity index (χ1) is 13.2. The summed E-state index contributed by atoms with van der Waals surface area (Å²) in [4.78, 5) is 20.7. The lowest BCUT2D eigenvalue weighted by molar-refractivity contribution is 0.0601. The van der Waals surface area contributed by atoms with Crippen molar-refractivity contribution in [3.63, 3.8) is 0 Å². The van der Waals surface area contributed by atoms with Crippen molar-refractivity contribution in [1.29, 1.82) is 0 Å². The summed E-state index contributed by atoms with van der Waals surface area (Å²) in [5.74, 6) is -0.347. The van der Waals surface area contributed by atoms with Gasteiger partial charge in [0.2, 0.25) is 0 Å². The normalized spacial score (nSPS) is 10.7. The van der Waals surface area contributed by atoms with Crippen LogP contribution in [-0.2, 0) is 11.2 Å². The van der Waals surface area contributed by atoms with Gasteiger partial charge >= 0.3 is 5.97 Å². The minimum atomic E-state index is -0.347. The van der Waals surface area contributed by atoms with Crippen molar-refractivity contribution in [3.8, 4) is 11.1 Å². The lowest BCUT2D eigenvalue weighted by Gasteiger charge is -2.11. The Bertz CT molecular complexity index is 1110. The molecule has 0 aliphatic heterocycles. The molecule has 2 aromatic carbocycles. The van der Waals surface area contributed by atoms with E-state index in [0.29, 0.717) is 5.56 Å². The van der Waals surface area contributed by atoms with Crippen molar-refractivity contribution in [2.75, 3.05) is 7.11 Å². The van der Waals surface area contributed by atoms with Crippen LogP contribution in [0.5, 0.6) is 0 Å². The number of carbonyl (C=O) groups excluding carboxylic acids is 1. The number of carbonyl (C=O) groups is 1. The fourth-order valence-corrected chi connectivity index (χ4v) is 3.25. The van der Waals surface area contributed by atoms with E-state index in [2.05, 4.69) is 34.2 Å². The molecule has 0 fully saturated rings. The molecule has 0 atom stereocenters. The smallest absolute Gasteiger partial charge is 0.337 e. The molecule has 4 rings (SSSR count). The molecule has 0 N–H and O–H groups in total. The molecule has 4 aromatic rings. The molecule has 132 valence electrons. The molecule has 2 heterocycles. The van der Waals surface area contributed by atoms with Gasteiger partial charge in [0.25, 0.3) is 0 Å². The molecule has 0 saturated heterocycles. The van der Waals surface area contributed by atoms with Crippen LogP contribution in [0.25, 0.3) is 22.0 Å². The Kier molecular flexibility index (Phi) is 4.62. The van der Waals surface area contributed by atoms with Crippen LogP contribution < -0.4 is 0 Å². The zero-order chi connectivity index (χ0) is 18.6. The van der Waals surface area contributed by atoms with E-state index in [1.54, 1.807) is 18.5 Å². The summed E-state index contributed by atoms with van der Waals surface area (Å²) in [6.07, 6.45) is 6.22. The summed E-state index contributed by atoms with van der Waals surface area (Å²) in [5, 5.41) is 1.07. The summed E-state index contributed by atoms with van der Waals surface area (Å²) in [5.41, 5.74) is 5.69. The van der Waals surface area contributed by atoms with E-state index in [4.69, 9.17) is 4.74 Å². The Balaban J connectivity index is 1.85. The molecule has 0 radical (unpaired) electrons. The zero-order valence-electron chi connectivity index (χ0n) is 14.9. The summed E-state index contributed by atoms with van der Waals surface area (Å²) < 4.78 is 4.86. The summed E-state index contributed by atoms with van der Waals surface area (Å²) in [6, 6.07) is 19.8. The second kappa shape index (κ2) is 7.38. The number of hydrogen-bond acceptors (Lipinski definition) is 4. The van der Waals surface area contributed by atoms with E-state index in [0.717, 1.165) is 34.0 Å². The van der Waals surface area contributed by atoms with Gasteiger partial charge in [-0.25, -0.2) is 4.79 Å². The maximum atomic E-state index is 11.9. The first-order valence-electron chi connectivity index (χ1n) is 8.70. The van der Waals surface area contributed by atoms with Gasteiger partial charge in [-0.3, -0.25) is 9.97 Å². The van der Waals surface area contributed by atoms with E-state index in [-0.39, 0.29) is 5.97 Å². The highest BCUT2D eigenvalue weighted by molar-refractivity contribution is 5.96. The number of benzene rings is 2. The molecule has 0 aliphatic carbocycles. The lowest BCUT2D eigenvalue weighted by Crippen LogP contribution is -2.01. The quantitative estimate of drug-likeness (QED) is 0.500. The largest absolute Gasteiger partial charge is 0.465 e. The third kappa shape index (κ3) is 3.55. The van der Waals surface area contributed by atoms with E-state index < -0.39 is 0 Å². The van der Waals surface area contributed by atoms with Crippen molar-refractivity contribution in [2.45, 2.75) is 6.42 Å². The molecule has 0 saturated carbocycles. The highest BCUT2D eigenvalue weighted by Gasteiger charge is 2.11. The van der Waals surface area contributed by atoms with Gasteiger partial charge in [0.15, 0.2) is 0 Å². The Morgan fingerprint density at radius 3 is 2.67 bits per heavy atom. The van der Waals surface area contributed by atoms with Gasteiger partial charge in [0.1, 0.15) is 0 Å². The Morgan fingerprint density at radius 2 is 1.85 bits per heavy atom. The zero-order valence-corrected chi connectivity index (χ0v) is 14.9. The van der Waals surface area contributed by atoms with Gasteiger partial charge < -0.3 is 4.74 Å². The monoisotopic (exact) mass is 354 g/mol. The average molecular weight is 354 g/mol. The number of hydrogen-bond donors (Lipinski definition) is 0. The molecule has 0 unspecified atom stereocenters. The minimum absolute atomic E-state index is 0.347. The minimum Gasteiger partial charge on any atom is -0.465 e. The fourth-order valence-electron chi connectivity index (χ4n) is 3.25. The molecule has 2 aromatic heterocycles. The SMILES string of the molecule is COC(=O)c1cccc(-c2cc(Cc3cccnc3)cc3cccnc23)c1. The maximum Gasteiger partial charge on any atom is 0.337 e. The molecule has 4 nitrogen and oxygen atoms in total. The predicted octanol–water partition coefficient (Wildman–Crippen LogP) is 4.67. The maximum absolute atomic E-state index is 11.9. The van der Waals surface area contributed by atoms with Crippen LogP contribution in [0.1, 0.15) is 21.5 Å². The molecule has 0 amide bonds. The van der Waals surface area contributed by atoms with Crippen LogP contribution in [0.4, 0.5) is 0 Å². The fraction of sp³-hybridized carbons (Fsp3) is 0.0870. The van der Waals surface area contributed by atoms with Gasteiger partial charge in [-0.05, 0) is 59.5 Å². The van der Waals surface area contributed by atoms with Crippen molar-refractivity contribution in [2.24, 2.45) is 0 Å². The molecule has 4 heteroatoms. The van der Waals surface area contributed by atoms with Crippen LogP contribution in [0.3, 0.4) is 0 Å². The number of methoxy groups -OCH3 is 1. The highest BCUT2D eigenvalue weighted by atomic mass is 16.5. The van der Waals surface area contributed by atoms with E-state index in [1.807, 2.05) is 36.5 Å². The third-order valence-electron chi connectivity index (χ3n) is 4.49. The number of aromatic nitrogens is 2. The summed E-state index contributed by atoms with van der Waals surface area (Å²) in [6.45, 7) is 0. The first-order valence-corrected chi connectivity index (χ1v) is 8.70. The van der Waals surface area contributed by atoms with Crippen LogP contribution in [0, 0.1) is 0 Å². The van der Waals surface area contributed by atoms with Gasteiger partial charge in [0.05, 0.1) is 18.2 Å². The number of ether oxygens (including phenoxy) is 1.